The second-order valence-corrected chi connectivity index (χ2v) is 5.59. The minimum absolute atomic E-state index is 0.727. The Morgan fingerprint density at radius 1 is 1.17 bits per heavy atom. The molecule has 2 atom stereocenters. The Bertz CT molecular complexity index is 415. The van der Waals surface area contributed by atoms with Crippen molar-refractivity contribution in [3.63, 3.8) is 0 Å². The van der Waals surface area contributed by atoms with Gasteiger partial charge in [0.2, 0.25) is 0 Å². The zero-order valence-electron chi connectivity index (χ0n) is 11.6. The molecule has 0 saturated heterocycles. The van der Waals surface area contributed by atoms with E-state index in [1.165, 1.54) is 17.3 Å². The minimum Gasteiger partial charge on any atom is -0.403 e. The molecule has 0 amide bonds. The number of hydrogen-bond acceptors (Lipinski definition) is 2. The average molecular weight is 244 g/mol. The Balaban J connectivity index is 2.08. The van der Waals surface area contributed by atoms with Gasteiger partial charge in [0.05, 0.1) is 0 Å². The van der Waals surface area contributed by atoms with Gasteiger partial charge in [0.15, 0.2) is 0 Å². The lowest BCUT2D eigenvalue weighted by Gasteiger charge is -2.48. The van der Waals surface area contributed by atoms with E-state index in [4.69, 9.17) is 5.73 Å². The molecule has 2 heteroatoms. The zero-order valence-corrected chi connectivity index (χ0v) is 11.6. The van der Waals surface area contributed by atoms with Gasteiger partial charge in [-0.2, -0.15) is 0 Å². The van der Waals surface area contributed by atoms with Gasteiger partial charge >= 0.3 is 0 Å². The van der Waals surface area contributed by atoms with Gasteiger partial charge in [0, 0.05) is 18.9 Å². The average Bonchev–Trinajstić information content (AvgIpc) is 2.39. The molecular weight excluding hydrogens is 220 g/mol. The Morgan fingerprint density at radius 3 is 2.56 bits per heavy atom. The van der Waals surface area contributed by atoms with Crippen molar-refractivity contribution in [1.82, 2.24) is 5.32 Å². The first kappa shape index (κ1) is 13.0. The van der Waals surface area contributed by atoms with Crippen LogP contribution in [0.25, 0.3) is 0 Å². The summed E-state index contributed by atoms with van der Waals surface area (Å²) in [6.45, 7) is 7.95. The molecule has 0 aliphatic heterocycles. The summed E-state index contributed by atoms with van der Waals surface area (Å²) in [6, 6.07) is 8.94. The molecule has 1 aromatic rings. The number of benzene rings is 1. The molecule has 98 valence electrons. The van der Waals surface area contributed by atoms with Crippen LogP contribution in [-0.4, -0.2) is 0 Å². The molecule has 1 aliphatic carbocycles. The second kappa shape index (κ2) is 5.47. The van der Waals surface area contributed by atoms with E-state index < -0.39 is 0 Å². The standard InChI is InChI=1S/C16H24N2/c1-11-12(2)16(13(11)3)15-6-4-5-14(9-15)10-18-8-7-17/h4-9,11-13,16,18H,10,17H2,1-3H3/b8-7-. The van der Waals surface area contributed by atoms with Crippen molar-refractivity contribution in [3.05, 3.63) is 47.8 Å². The highest BCUT2D eigenvalue weighted by atomic mass is 14.8. The van der Waals surface area contributed by atoms with E-state index in [-0.39, 0.29) is 0 Å². The summed E-state index contributed by atoms with van der Waals surface area (Å²) < 4.78 is 0. The van der Waals surface area contributed by atoms with E-state index >= 15 is 0 Å². The predicted molar refractivity (Wildman–Crippen MR) is 76.8 cm³/mol. The maximum absolute atomic E-state index is 5.31. The highest BCUT2D eigenvalue weighted by Crippen LogP contribution is 2.51. The van der Waals surface area contributed by atoms with Crippen molar-refractivity contribution in [1.29, 1.82) is 0 Å². The van der Waals surface area contributed by atoms with Crippen LogP contribution < -0.4 is 11.1 Å². The van der Waals surface area contributed by atoms with Crippen LogP contribution in [0.1, 0.15) is 37.8 Å². The molecule has 3 N–H and O–H groups in total. The van der Waals surface area contributed by atoms with Crippen LogP contribution in [-0.2, 0) is 6.54 Å². The van der Waals surface area contributed by atoms with Gasteiger partial charge in [-0.05, 0) is 34.8 Å². The highest BCUT2D eigenvalue weighted by Gasteiger charge is 2.42. The molecule has 2 unspecified atom stereocenters. The van der Waals surface area contributed by atoms with Crippen LogP contribution >= 0.6 is 0 Å². The molecular formula is C16H24N2. The monoisotopic (exact) mass is 244 g/mol. The lowest BCUT2D eigenvalue weighted by atomic mass is 9.56. The fraction of sp³-hybridized carbons (Fsp3) is 0.500. The van der Waals surface area contributed by atoms with Crippen molar-refractivity contribution in [2.45, 2.75) is 33.2 Å². The number of nitrogens with two attached hydrogens (primary N) is 1. The van der Waals surface area contributed by atoms with E-state index in [0.29, 0.717) is 0 Å². The van der Waals surface area contributed by atoms with Crippen LogP contribution in [0.15, 0.2) is 36.7 Å². The molecule has 0 heterocycles. The Labute approximate surface area is 110 Å². The molecule has 1 aromatic carbocycles. The van der Waals surface area contributed by atoms with Crippen molar-refractivity contribution < 1.29 is 0 Å². The highest BCUT2D eigenvalue weighted by molar-refractivity contribution is 5.29. The molecule has 0 aromatic heterocycles. The van der Waals surface area contributed by atoms with Crippen molar-refractivity contribution in [3.8, 4) is 0 Å². The molecule has 0 bridgehead atoms. The Hall–Kier alpha value is -1.44. The van der Waals surface area contributed by atoms with Gasteiger partial charge in [0.25, 0.3) is 0 Å². The van der Waals surface area contributed by atoms with Gasteiger partial charge in [-0.3, -0.25) is 0 Å². The second-order valence-electron chi connectivity index (χ2n) is 5.59. The molecule has 18 heavy (non-hydrogen) atoms. The molecule has 1 fully saturated rings. The predicted octanol–water partition coefficient (Wildman–Crippen LogP) is 3.21. The van der Waals surface area contributed by atoms with Gasteiger partial charge in [0.1, 0.15) is 0 Å². The number of rotatable bonds is 4. The van der Waals surface area contributed by atoms with Crippen LogP contribution in [0, 0.1) is 17.8 Å². The summed E-state index contributed by atoms with van der Waals surface area (Å²) in [5.74, 6) is 3.17. The fourth-order valence-electron chi connectivity index (χ4n) is 3.23. The first-order valence-corrected chi connectivity index (χ1v) is 6.84. The van der Waals surface area contributed by atoms with Crippen LogP contribution in [0.3, 0.4) is 0 Å². The third-order valence-corrected chi connectivity index (χ3v) is 4.65. The molecule has 0 spiro atoms. The Kier molecular flexibility index (Phi) is 3.95. The van der Waals surface area contributed by atoms with Gasteiger partial charge in [-0.1, -0.05) is 45.0 Å². The quantitative estimate of drug-likeness (QED) is 0.853. The van der Waals surface area contributed by atoms with E-state index in [1.807, 2.05) is 0 Å². The topological polar surface area (TPSA) is 38.0 Å². The van der Waals surface area contributed by atoms with E-state index in [1.54, 1.807) is 6.20 Å². The smallest absolute Gasteiger partial charge is 0.0395 e. The van der Waals surface area contributed by atoms with Crippen LogP contribution in [0.5, 0.6) is 0 Å². The lowest BCUT2D eigenvalue weighted by Crippen LogP contribution is -2.39. The summed E-state index contributed by atoms with van der Waals surface area (Å²) in [7, 11) is 0. The molecule has 1 aliphatic rings. The van der Waals surface area contributed by atoms with E-state index in [0.717, 1.165) is 30.2 Å². The Morgan fingerprint density at radius 2 is 1.89 bits per heavy atom. The SMILES string of the molecule is CC1C(C)C(c2cccc(CN/C=C\N)c2)C1C. The summed E-state index contributed by atoms with van der Waals surface area (Å²) in [5.41, 5.74) is 8.12. The van der Waals surface area contributed by atoms with Gasteiger partial charge < -0.3 is 11.1 Å². The molecule has 2 nitrogen and oxygen atoms in total. The summed E-state index contributed by atoms with van der Waals surface area (Å²) in [6.07, 6.45) is 3.31. The maximum Gasteiger partial charge on any atom is 0.0395 e. The third kappa shape index (κ3) is 2.38. The van der Waals surface area contributed by atoms with Gasteiger partial charge in [-0.15, -0.1) is 0 Å². The minimum atomic E-state index is 0.727. The first-order valence-electron chi connectivity index (χ1n) is 6.84. The van der Waals surface area contributed by atoms with Gasteiger partial charge in [-0.25, -0.2) is 0 Å². The zero-order chi connectivity index (χ0) is 13.1. The first-order chi connectivity index (χ1) is 8.65. The van der Waals surface area contributed by atoms with E-state index in [9.17, 15) is 0 Å². The normalized spacial score (nSPS) is 31.3. The molecule has 0 radical (unpaired) electrons. The summed E-state index contributed by atoms with van der Waals surface area (Å²) >= 11 is 0. The van der Waals surface area contributed by atoms with Crippen LogP contribution in [0.2, 0.25) is 0 Å². The number of hydrogen-bond donors (Lipinski definition) is 2. The van der Waals surface area contributed by atoms with Crippen molar-refractivity contribution in [2.75, 3.05) is 0 Å². The summed E-state index contributed by atoms with van der Waals surface area (Å²) in [4.78, 5) is 0. The molecule has 1 saturated carbocycles. The lowest BCUT2D eigenvalue weighted by molar-refractivity contribution is 0.0756. The largest absolute Gasteiger partial charge is 0.403 e. The third-order valence-electron chi connectivity index (χ3n) is 4.65. The number of nitrogens with one attached hydrogen (secondary N) is 1. The van der Waals surface area contributed by atoms with Crippen molar-refractivity contribution >= 4 is 0 Å². The molecule has 2 rings (SSSR count). The summed E-state index contributed by atoms with van der Waals surface area (Å²) in [5, 5.41) is 3.18. The maximum atomic E-state index is 5.31. The van der Waals surface area contributed by atoms with E-state index in [2.05, 4.69) is 50.4 Å². The van der Waals surface area contributed by atoms with Crippen LogP contribution in [0.4, 0.5) is 0 Å². The fourth-order valence-corrected chi connectivity index (χ4v) is 3.23. The van der Waals surface area contributed by atoms with Crippen molar-refractivity contribution in [2.24, 2.45) is 23.5 Å².